The zero-order chi connectivity index (χ0) is 10.8. The third-order valence-corrected chi connectivity index (χ3v) is 2.22. The maximum Gasteiger partial charge on any atom is 0.358 e. The second kappa shape index (κ2) is 4.25. The van der Waals surface area contributed by atoms with Crippen molar-refractivity contribution in [2.45, 2.75) is 26.4 Å². The van der Waals surface area contributed by atoms with E-state index in [1.807, 2.05) is 26.8 Å². The van der Waals surface area contributed by atoms with E-state index in [2.05, 4.69) is 27.6 Å². The first-order valence-electron chi connectivity index (χ1n) is 4.24. The van der Waals surface area contributed by atoms with Crippen LogP contribution in [0.25, 0.3) is 0 Å². The second-order valence-electron chi connectivity index (χ2n) is 3.84. The number of ether oxygens (including phenoxy) is 1. The van der Waals surface area contributed by atoms with Gasteiger partial charge in [-0.05, 0) is 55.5 Å². The molecule has 0 radical (unpaired) electrons. The Balaban J connectivity index is 2.86. The zero-order valence-corrected chi connectivity index (χ0v) is 10.5. The van der Waals surface area contributed by atoms with E-state index >= 15 is 0 Å². The molecule has 0 N–H and O–H groups in total. The van der Waals surface area contributed by atoms with Crippen LogP contribution in [0.5, 0.6) is 0 Å². The first-order chi connectivity index (χ1) is 6.40. The van der Waals surface area contributed by atoms with Gasteiger partial charge in [-0.25, -0.2) is 9.78 Å². The third-order valence-electron chi connectivity index (χ3n) is 1.35. The van der Waals surface area contributed by atoms with Crippen molar-refractivity contribution < 1.29 is 9.53 Å². The first-order valence-corrected chi connectivity index (χ1v) is 5.32. The average molecular weight is 305 g/mol. The Bertz CT molecular complexity index is 344. The molecule has 0 fully saturated rings. The molecule has 0 aromatic carbocycles. The van der Waals surface area contributed by atoms with E-state index in [1.165, 1.54) is 0 Å². The molecule has 0 amide bonds. The van der Waals surface area contributed by atoms with Crippen LogP contribution in [0.4, 0.5) is 0 Å². The highest BCUT2D eigenvalue weighted by atomic mass is 127. The number of nitrogens with zero attached hydrogens (tertiary/aromatic N) is 1. The molecule has 0 atom stereocenters. The van der Waals surface area contributed by atoms with Gasteiger partial charge in [0.25, 0.3) is 0 Å². The van der Waals surface area contributed by atoms with E-state index in [4.69, 9.17) is 4.74 Å². The number of hydrogen-bond acceptors (Lipinski definition) is 3. The molecular weight excluding hydrogens is 293 g/mol. The van der Waals surface area contributed by atoms with Crippen molar-refractivity contribution >= 4 is 28.6 Å². The van der Waals surface area contributed by atoms with E-state index in [0.717, 1.165) is 3.57 Å². The molecule has 0 aliphatic heterocycles. The highest BCUT2D eigenvalue weighted by Crippen LogP contribution is 2.14. The molecule has 1 aromatic rings. The minimum Gasteiger partial charge on any atom is -0.455 e. The highest BCUT2D eigenvalue weighted by Gasteiger charge is 2.20. The van der Waals surface area contributed by atoms with Crippen LogP contribution in [0, 0.1) is 3.57 Å². The minimum absolute atomic E-state index is 0.373. The highest BCUT2D eigenvalue weighted by molar-refractivity contribution is 14.1. The molecule has 1 aromatic heterocycles. The Morgan fingerprint density at radius 3 is 2.64 bits per heavy atom. The summed E-state index contributed by atoms with van der Waals surface area (Å²) in [4.78, 5) is 15.6. The van der Waals surface area contributed by atoms with Gasteiger partial charge in [0.2, 0.25) is 0 Å². The fraction of sp³-hybridized carbons (Fsp3) is 0.400. The summed E-state index contributed by atoms with van der Waals surface area (Å²) in [5, 5.41) is 0. The van der Waals surface area contributed by atoms with Gasteiger partial charge in [0.05, 0.1) is 0 Å². The van der Waals surface area contributed by atoms with Crippen molar-refractivity contribution in [1.82, 2.24) is 4.98 Å². The summed E-state index contributed by atoms with van der Waals surface area (Å²) in [6.07, 6.45) is 1.58. The number of halogens is 1. The zero-order valence-electron chi connectivity index (χ0n) is 8.37. The fourth-order valence-corrected chi connectivity index (χ4v) is 1.43. The lowest BCUT2D eigenvalue weighted by Gasteiger charge is -2.19. The molecule has 0 saturated carbocycles. The molecule has 76 valence electrons. The van der Waals surface area contributed by atoms with Gasteiger partial charge in [0.15, 0.2) is 5.69 Å². The average Bonchev–Trinajstić information content (AvgIpc) is 2.01. The Morgan fingerprint density at radius 2 is 2.14 bits per heavy atom. The minimum atomic E-state index is -0.475. The molecule has 0 aliphatic rings. The molecule has 0 saturated heterocycles. The molecule has 0 aliphatic carbocycles. The van der Waals surface area contributed by atoms with E-state index in [-0.39, 0.29) is 5.97 Å². The summed E-state index contributed by atoms with van der Waals surface area (Å²) in [5.41, 5.74) is -0.0967. The quantitative estimate of drug-likeness (QED) is 0.591. The Kier molecular flexibility index (Phi) is 3.47. The molecular formula is C10H12INO2. The van der Waals surface area contributed by atoms with Gasteiger partial charge >= 0.3 is 5.97 Å². The molecule has 14 heavy (non-hydrogen) atoms. The summed E-state index contributed by atoms with van der Waals surface area (Å²) in [6, 6.07) is 3.61. The molecule has 1 rings (SSSR count). The van der Waals surface area contributed by atoms with Crippen LogP contribution in [0.2, 0.25) is 0 Å². The van der Waals surface area contributed by atoms with Crippen molar-refractivity contribution in [3.05, 3.63) is 27.6 Å². The maximum absolute atomic E-state index is 11.6. The second-order valence-corrected chi connectivity index (χ2v) is 5.00. The lowest BCUT2D eigenvalue weighted by molar-refractivity contribution is 0.00615. The number of esters is 1. The van der Waals surface area contributed by atoms with E-state index < -0.39 is 5.60 Å². The van der Waals surface area contributed by atoms with Crippen molar-refractivity contribution in [2.24, 2.45) is 0 Å². The fourth-order valence-electron chi connectivity index (χ4n) is 0.862. The first kappa shape index (κ1) is 11.4. The maximum atomic E-state index is 11.6. The Morgan fingerprint density at radius 1 is 1.50 bits per heavy atom. The Hall–Kier alpha value is -0.650. The van der Waals surface area contributed by atoms with Crippen LogP contribution >= 0.6 is 22.6 Å². The van der Waals surface area contributed by atoms with Crippen LogP contribution in [0.3, 0.4) is 0 Å². The van der Waals surface area contributed by atoms with Gasteiger partial charge in [0.1, 0.15) is 5.60 Å². The van der Waals surface area contributed by atoms with Crippen molar-refractivity contribution in [1.29, 1.82) is 0 Å². The summed E-state index contributed by atoms with van der Waals surface area (Å²) < 4.78 is 6.00. The van der Waals surface area contributed by atoms with Gasteiger partial charge in [-0.1, -0.05) is 0 Å². The largest absolute Gasteiger partial charge is 0.455 e. The number of rotatable bonds is 1. The predicted octanol–water partition coefficient (Wildman–Crippen LogP) is 2.64. The summed E-state index contributed by atoms with van der Waals surface area (Å²) in [6.45, 7) is 5.50. The smallest absolute Gasteiger partial charge is 0.358 e. The molecule has 0 unspecified atom stereocenters. The van der Waals surface area contributed by atoms with Crippen LogP contribution in [-0.2, 0) is 4.74 Å². The summed E-state index contributed by atoms with van der Waals surface area (Å²) in [7, 11) is 0. The number of aromatic nitrogens is 1. The van der Waals surface area contributed by atoms with Gasteiger partial charge in [-0.2, -0.15) is 0 Å². The van der Waals surface area contributed by atoms with E-state index in [9.17, 15) is 4.79 Å². The Labute approximate surface area is 97.0 Å². The third kappa shape index (κ3) is 3.25. The monoisotopic (exact) mass is 305 g/mol. The number of pyridine rings is 1. The predicted molar refractivity (Wildman–Crippen MR) is 62.1 cm³/mol. The number of carbonyl (C=O) groups is 1. The molecule has 0 spiro atoms. The molecule has 0 bridgehead atoms. The summed E-state index contributed by atoms with van der Waals surface area (Å²) in [5.74, 6) is -0.373. The SMILES string of the molecule is CC(C)(C)OC(=O)c1ncccc1I. The molecule has 1 heterocycles. The van der Waals surface area contributed by atoms with Crippen molar-refractivity contribution in [2.75, 3.05) is 0 Å². The number of hydrogen-bond donors (Lipinski definition) is 0. The number of carbonyl (C=O) groups excluding carboxylic acids is 1. The van der Waals surface area contributed by atoms with Crippen molar-refractivity contribution in [3.63, 3.8) is 0 Å². The van der Waals surface area contributed by atoms with Crippen LogP contribution in [-0.4, -0.2) is 16.6 Å². The van der Waals surface area contributed by atoms with E-state index in [1.54, 1.807) is 12.3 Å². The van der Waals surface area contributed by atoms with Crippen LogP contribution < -0.4 is 0 Å². The summed E-state index contributed by atoms with van der Waals surface area (Å²) >= 11 is 2.06. The van der Waals surface area contributed by atoms with Gasteiger partial charge in [-0.15, -0.1) is 0 Å². The van der Waals surface area contributed by atoms with Gasteiger partial charge in [-0.3, -0.25) is 0 Å². The lowest BCUT2D eigenvalue weighted by atomic mass is 10.2. The van der Waals surface area contributed by atoms with Gasteiger partial charge in [0, 0.05) is 9.77 Å². The topological polar surface area (TPSA) is 39.2 Å². The molecule has 4 heteroatoms. The molecule has 3 nitrogen and oxygen atoms in total. The van der Waals surface area contributed by atoms with Crippen molar-refractivity contribution in [3.8, 4) is 0 Å². The standard InChI is InChI=1S/C10H12INO2/c1-10(2,3)14-9(13)8-7(11)5-4-6-12-8/h4-6H,1-3H3. The van der Waals surface area contributed by atoms with Crippen LogP contribution in [0.15, 0.2) is 18.3 Å². The van der Waals surface area contributed by atoms with Gasteiger partial charge < -0.3 is 4.74 Å². The van der Waals surface area contributed by atoms with Crippen LogP contribution in [0.1, 0.15) is 31.3 Å². The lowest BCUT2D eigenvalue weighted by Crippen LogP contribution is -2.25. The van der Waals surface area contributed by atoms with E-state index in [0.29, 0.717) is 5.69 Å². The normalized spacial score (nSPS) is 11.1.